The molecule has 1 fully saturated rings. The summed E-state index contributed by atoms with van der Waals surface area (Å²) in [6.45, 7) is 1.97. The molecule has 0 atom stereocenters. The summed E-state index contributed by atoms with van der Waals surface area (Å²) in [5, 5.41) is 9.48. The smallest absolute Gasteiger partial charge is 0.335 e. The molecule has 1 saturated heterocycles. The standard InChI is InChI=1S/C23H25N3O5S/c1-31-20-5-3-2-4-17(20)13-25-18-7-6-16(23(29)30)12-19(18)26(15-22(25)28)21(27)14-24-8-10-32-11-9-24/h2-7,12H,8-11,13-15H2,1H3,(H,29,30). The average Bonchev–Trinajstić information content (AvgIpc) is 2.81. The van der Waals surface area contributed by atoms with E-state index in [-0.39, 0.29) is 37.0 Å². The molecular weight excluding hydrogens is 430 g/mol. The fourth-order valence-corrected chi connectivity index (χ4v) is 4.96. The number of carbonyl (C=O) groups is 3. The second-order valence-corrected chi connectivity index (χ2v) is 8.89. The Morgan fingerprint density at radius 2 is 1.84 bits per heavy atom. The van der Waals surface area contributed by atoms with Crippen molar-refractivity contribution in [3.63, 3.8) is 0 Å². The quantitative estimate of drug-likeness (QED) is 0.715. The number of nitrogens with zero attached hydrogens (tertiary/aromatic N) is 3. The molecule has 0 bridgehead atoms. The number of hydrogen-bond donors (Lipinski definition) is 1. The van der Waals surface area contributed by atoms with Crippen LogP contribution in [0.3, 0.4) is 0 Å². The SMILES string of the molecule is COc1ccccc1CN1C(=O)CN(C(=O)CN2CCSCC2)c2cc(C(=O)O)ccc21. The van der Waals surface area contributed by atoms with Gasteiger partial charge in [0.2, 0.25) is 11.8 Å². The first-order valence-corrected chi connectivity index (χ1v) is 11.5. The van der Waals surface area contributed by atoms with Crippen molar-refractivity contribution in [3.8, 4) is 5.75 Å². The molecule has 0 radical (unpaired) electrons. The van der Waals surface area contributed by atoms with Gasteiger partial charge in [0.15, 0.2) is 0 Å². The summed E-state index contributed by atoms with van der Waals surface area (Å²) in [7, 11) is 1.57. The van der Waals surface area contributed by atoms with Gasteiger partial charge in [0.1, 0.15) is 12.3 Å². The average molecular weight is 456 g/mol. The fourth-order valence-electron chi connectivity index (χ4n) is 3.98. The highest BCUT2D eigenvalue weighted by Gasteiger charge is 2.34. The summed E-state index contributed by atoms with van der Waals surface area (Å²) in [4.78, 5) is 43.0. The Morgan fingerprint density at radius 3 is 2.56 bits per heavy atom. The highest BCUT2D eigenvalue weighted by molar-refractivity contribution is 7.99. The van der Waals surface area contributed by atoms with Crippen molar-refractivity contribution in [2.45, 2.75) is 6.54 Å². The van der Waals surface area contributed by atoms with Gasteiger partial charge in [-0.2, -0.15) is 11.8 Å². The topological polar surface area (TPSA) is 90.4 Å². The molecule has 8 nitrogen and oxygen atoms in total. The third-order valence-corrected chi connectivity index (χ3v) is 6.63. The normalized spacial score (nSPS) is 16.6. The van der Waals surface area contributed by atoms with Crippen LogP contribution >= 0.6 is 11.8 Å². The monoisotopic (exact) mass is 455 g/mol. The lowest BCUT2D eigenvalue weighted by Crippen LogP contribution is -2.51. The van der Waals surface area contributed by atoms with Crippen LogP contribution in [0.2, 0.25) is 0 Å². The van der Waals surface area contributed by atoms with Crippen molar-refractivity contribution in [3.05, 3.63) is 53.6 Å². The van der Waals surface area contributed by atoms with Crippen LogP contribution in [-0.2, 0) is 16.1 Å². The maximum absolute atomic E-state index is 13.2. The van der Waals surface area contributed by atoms with Crippen LogP contribution in [0, 0.1) is 0 Å². The van der Waals surface area contributed by atoms with E-state index in [4.69, 9.17) is 4.74 Å². The summed E-state index contributed by atoms with van der Waals surface area (Å²) in [5.74, 6) is 1.09. The van der Waals surface area contributed by atoms with Crippen LogP contribution in [0.4, 0.5) is 11.4 Å². The molecule has 32 heavy (non-hydrogen) atoms. The van der Waals surface area contributed by atoms with E-state index in [1.54, 1.807) is 18.1 Å². The Morgan fingerprint density at radius 1 is 1.09 bits per heavy atom. The van der Waals surface area contributed by atoms with E-state index in [1.807, 2.05) is 36.0 Å². The Hall–Kier alpha value is -3.04. The number of hydrogen-bond acceptors (Lipinski definition) is 6. The van der Waals surface area contributed by atoms with Crippen molar-refractivity contribution in [2.75, 3.05) is 54.6 Å². The van der Waals surface area contributed by atoms with Crippen molar-refractivity contribution >= 4 is 40.9 Å². The van der Waals surface area contributed by atoms with Gasteiger partial charge in [0.25, 0.3) is 0 Å². The van der Waals surface area contributed by atoms with Crippen molar-refractivity contribution in [2.24, 2.45) is 0 Å². The predicted molar refractivity (Wildman–Crippen MR) is 124 cm³/mol. The number of aromatic carboxylic acids is 1. The number of para-hydroxylation sites is 1. The Labute approximate surface area is 190 Å². The van der Waals surface area contributed by atoms with Gasteiger partial charge in [-0.3, -0.25) is 19.4 Å². The third kappa shape index (κ3) is 4.58. The lowest BCUT2D eigenvalue weighted by atomic mass is 10.1. The number of rotatable bonds is 6. The van der Waals surface area contributed by atoms with Crippen molar-refractivity contribution in [1.29, 1.82) is 0 Å². The second kappa shape index (κ2) is 9.62. The van der Waals surface area contributed by atoms with Gasteiger partial charge in [-0.15, -0.1) is 0 Å². The number of anilines is 2. The molecule has 0 saturated carbocycles. The number of methoxy groups -OCH3 is 1. The number of thioether (sulfide) groups is 1. The molecule has 0 aromatic heterocycles. The lowest BCUT2D eigenvalue weighted by Gasteiger charge is -2.37. The van der Waals surface area contributed by atoms with Crippen LogP contribution in [0.5, 0.6) is 5.75 Å². The second-order valence-electron chi connectivity index (χ2n) is 7.67. The van der Waals surface area contributed by atoms with E-state index in [2.05, 4.69) is 4.90 Å². The zero-order chi connectivity index (χ0) is 22.7. The maximum atomic E-state index is 13.2. The largest absolute Gasteiger partial charge is 0.496 e. The number of fused-ring (bicyclic) bond motifs is 1. The molecule has 2 aromatic carbocycles. The number of ether oxygens (including phenoxy) is 1. The summed E-state index contributed by atoms with van der Waals surface area (Å²) < 4.78 is 5.42. The highest BCUT2D eigenvalue weighted by Crippen LogP contribution is 2.36. The minimum atomic E-state index is -1.08. The van der Waals surface area contributed by atoms with E-state index >= 15 is 0 Å². The number of carbonyl (C=O) groups excluding carboxylic acids is 2. The summed E-state index contributed by atoms with van der Waals surface area (Å²) in [6, 6.07) is 12.0. The van der Waals surface area contributed by atoms with Crippen LogP contribution in [0.15, 0.2) is 42.5 Å². The first-order chi connectivity index (χ1) is 15.5. The Kier molecular flexibility index (Phi) is 6.66. The van der Waals surface area contributed by atoms with Crippen LogP contribution in [0.1, 0.15) is 15.9 Å². The third-order valence-electron chi connectivity index (χ3n) is 5.68. The Bertz CT molecular complexity index is 1040. The van der Waals surface area contributed by atoms with Crippen LogP contribution < -0.4 is 14.5 Å². The molecule has 0 spiro atoms. The summed E-state index contributed by atoms with van der Waals surface area (Å²) in [5.41, 5.74) is 1.85. The molecule has 168 valence electrons. The number of amides is 2. The lowest BCUT2D eigenvalue weighted by molar-refractivity contribution is -0.123. The zero-order valence-corrected chi connectivity index (χ0v) is 18.6. The van der Waals surface area contributed by atoms with Gasteiger partial charge in [0, 0.05) is 30.2 Å². The van der Waals surface area contributed by atoms with Crippen molar-refractivity contribution < 1.29 is 24.2 Å². The molecule has 2 aromatic rings. The van der Waals surface area contributed by atoms with E-state index in [1.165, 1.54) is 17.0 Å². The van der Waals surface area contributed by atoms with Gasteiger partial charge >= 0.3 is 5.97 Å². The van der Waals surface area contributed by atoms with Crippen molar-refractivity contribution in [1.82, 2.24) is 4.90 Å². The van der Waals surface area contributed by atoms with Gasteiger partial charge in [0.05, 0.1) is 37.1 Å². The molecule has 0 aliphatic carbocycles. The molecule has 9 heteroatoms. The van der Waals surface area contributed by atoms with Crippen LogP contribution in [0.25, 0.3) is 0 Å². The van der Waals surface area contributed by atoms with E-state index < -0.39 is 5.97 Å². The number of benzene rings is 2. The maximum Gasteiger partial charge on any atom is 0.335 e. The first-order valence-electron chi connectivity index (χ1n) is 10.4. The molecule has 2 heterocycles. The zero-order valence-electron chi connectivity index (χ0n) is 17.8. The molecular formula is C23H25N3O5S. The molecule has 0 unspecified atom stereocenters. The van der Waals surface area contributed by atoms with Gasteiger partial charge in [-0.05, 0) is 24.3 Å². The van der Waals surface area contributed by atoms with E-state index in [9.17, 15) is 19.5 Å². The molecule has 4 rings (SSSR count). The minimum Gasteiger partial charge on any atom is -0.496 e. The number of carboxylic acids is 1. The Balaban J connectivity index is 1.67. The van der Waals surface area contributed by atoms with Crippen LogP contribution in [-0.4, -0.2) is 72.6 Å². The summed E-state index contributed by atoms with van der Waals surface area (Å²) in [6.07, 6.45) is 0. The number of carboxylic acid groups (broad SMARTS) is 1. The molecule has 2 aliphatic heterocycles. The molecule has 2 aliphatic rings. The summed E-state index contributed by atoms with van der Waals surface area (Å²) >= 11 is 1.86. The van der Waals surface area contributed by atoms with E-state index in [0.717, 1.165) is 30.2 Å². The molecule has 2 amide bonds. The van der Waals surface area contributed by atoms with Gasteiger partial charge < -0.3 is 14.7 Å². The van der Waals surface area contributed by atoms with Gasteiger partial charge in [-0.25, -0.2) is 4.79 Å². The minimum absolute atomic E-state index is 0.0718. The van der Waals surface area contributed by atoms with Gasteiger partial charge in [-0.1, -0.05) is 18.2 Å². The first kappa shape index (κ1) is 22.2. The van der Waals surface area contributed by atoms with E-state index in [0.29, 0.717) is 17.1 Å². The fraction of sp³-hybridized carbons (Fsp3) is 0.348. The molecule has 1 N–H and O–H groups in total. The highest BCUT2D eigenvalue weighted by atomic mass is 32.2. The predicted octanol–water partition coefficient (Wildman–Crippen LogP) is 2.32.